The Morgan fingerprint density at radius 2 is 1.59 bits per heavy atom. The Hall–Kier alpha value is -3.18. The van der Waals surface area contributed by atoms with Crippen LogP contribution in [0.2, 0.25) is 0 Å². The van der Waals surface area contributed by atoms with Gasteiger partial charge in [0, 0.05) is 26.1 Å². The molecule has 2 aliphatic carbocycles. The third-order valence-corrected chi connectivity index (χ3v) is 11.0. The molecular formula is C34H56N6O6. The van der Waals surface area contributed by atoms with E-state index in [0.717, 1.165) is 32.1 Å². The van der Waals surface area contributed by atoms with Crippen molar-refractivity contribution in [3.8, 4) is 0 Å². The number of carbonyl (C=O) groups excluding carboxylic acids is 6. The lowest BCUT2D eigenvalue weighted by Crippen LogP contribution is -2.63. The minimum Gasteiger partial charge on any atom is -0.363 e. The number of ketones is 1. The number of primary amides is 1. The summed E-state index contributed by atoms with van der Waals surface area (Å²) in [6.07, 6.45) is 5.54. The van der Waals surface area contributed by atoms with E-state index in [0.29, 0.717) is 32.5 Å². The summed E-state index contributed by atoms with van der Waals surface area (Å²) in [5, 5.41) is 8.77. The maximum absolute atomic E-state index is 14.3. The number of piperidine rings is 2. The molecule has 2 saturated heterocycles. The Balaban J connectivity index is 1.51. The molecular weight excluding hydrogens is 588 g/mol. The minimum atomic E-state index is -1.09. The highest BCUT2D eigenvalue weighted by Crippen LogP contribution is 2.65. The molecule has 5 unspecified atom stereocenters. The van der Waals surface area contributed by atoms with E-state index in [1.165, 1.54) is 0 Å². The Kier molecular flexibility index (Phi) is 10.2. The van der Waals surface area contributed by atoms with Gasteiger partial charge in [-0.2, -0.15) is 0 Å². The number of likely N-dealkylation sites (tertiary alicyclic amines) is 2. The van der Waals surface area contributed by atoms with E-state index in [4.69, 9.17) is 5.73 Å². The van der Waals surface area contributed by atoms with Gasteiger partial charge >= 0.3 is 6.03 Å². The maximum Gasteiger partial charge on any atom is 0.315 e. The summed E-state index contributed by atoms with van der Waals surface area (Å²) < 4.78 is 0. The van der Waals surface area contributed by atoms with Crippen LogP contribution in [-0.2, 0) is 24.0 Å². The number of carbonyl (C=O) groups is 6. The number of rotatable bonds is 11. The fourth-order valence-electron chi connectivity index (χ4n) is 7.49. The second-order valence-corrected chi connectivity index (χ2v) is 16.8. The van der Waals surface area contributed by atoms with Gasteiger partial charge in [-0.05, 0) is 53.3 Å². The zero-order chi connectivity index (χ0) is 34.4. The van der Waals surface area contributed by atoms with E-state index >= 15 is 0 Å². The first kappa shape index (κ1) is 35.7. The van der Waals surface area contributed by atoms with Crippen molar-refractivity contribution in [1.29, 1.82) is 0 Å². The quantitative estimate of drug-likeness (QED) is 0.252. The molecule has 2 aliphatic heterocycles. The van der Waals surface area contributed by atoms with Crippen LogP contribution >= 0.6 is 0 Å². The van der Waals surface area contributed by atoms with Gasteiger partial charge in [0.25, 0.3) is 5.91 Å². The lowest BCUT2D eigenvalue weighted by molar-refractivity contribution is -0.145. The summed E-state index contributed by atoms with van der Waals surface area (Å²) in [7, 11) is 0. The number of Topliss-reactive ketones (excluding diaryl/α,β-unsaturated/α-hetero) is 1. The second-order valence-electron chi connectivity index (χ2n) is 16.8. The normalized spacial score (nSPS) is 26.3. The summed E-state index contributed by atoms with van der Waals surface area (Å²) in [5.74, 6) is -2.47. The van der Waals surface area contributed by atoms with E-state index < -0.39 is 47.2 Å². The molecule has 0 aromatic heterocycles. The van der Waals surface area contributed by atoms with Gasteiger partial charge < -0.3 is 31.5 Å². The van der Waals surface area contributed by atoms with Crippen LogP contribution in [0.25, 0.3) is 0 Å². The topological polar surface area (TPSA) is 171 Å². The van der Waals surface area contributed by atoms with Crippen molar-refractivity contribution in [2.24, 2.45) is 39.7 Å². The van der Waals surface area contributed by atoms with Gasteiger partial charge in [0.05, 0.1) is 12.1 Å². The average molecular weight is 645 g/mol. The summed E-state index contributed by atoms with van der Waals surface area (Å²) in [4.78, 5) is 82.3. The zero-order valence-corrected chi connectivity index (χ0v) is 29.0. The van der Waals surface area contributed by atoms with Crippen molar-refractivity contribution in [1.82, 2.24) is 25.8 Å². The number of nitrogens with zero attached hydrogens (tertiary/aromatic N) is 2. The Morgan fingerprint density at radius 3 is 2.11 bits per heavy atom. The van der Waals surface area contributed by atoms with Gasteiger partial charge in [0.15, 0.2) is 0 Å². The highest BCUT2D eigenvalue weighted by Gasteiger charge is 2.70. The van der Waals surface area contributed by atoms with E-state index in [1.54, 1.807) is 9.80 Å². The first-order chi connectivity index (χ1) is 21.2. The molecule has 0 spiro atoms. The van der Waals surface area contributed by atoms with E-state index in [2.05, 4.69) is 29.8 Å². The summed E-state index contributed by atoms with van der Waals surface area (Å²) in [6, 6.07) is -3.72. The van der Waals surface area contributed by atoms with Gasteiger partial charge in [0.1, 0.15) is 12.1 Å². The SMILES string of the molecule is CC(C)(C)C(CN1CCCCC1=O)NC(=O)N[C@H](C(=O)N1CC2C(C1C(=O)NC(CC1CCC1)C(=O)C(N)=O)C2(C)C)C(C)(C)C. The number of nitrogens with two attached hydrogens (primary N) is 1. The number of hydrogen-bond donors (Lipinski definition) is 4. The smallest absolute Gasteiger partial charge is 0.315 e. The zero-order valence-electron chi connectivity index (χ0n) is 29.0. The van der Waals surface area contributed by atoms with Crippen molar-refractivity contribution < 1.29 is 28.8 Å². The van der Waals surface area contributed by atoms with E-state index in [-0.39, 0.29) is 46.4 Å². The number of urea groups is 1. The molecule has 4 rings (SSSR count). The fourth-order valence-corrected chi connectivity index (χ4v) is 7.49. The third kappa shape index (κ3) is 7.68. The van der Waals surface area contributed by atoms with Crippen molar-refractivity contribution >= 4 is 35.4 Å². The van der Waals surface area contributed by atoms with Crippen molar-refractivity contribution in [2.45, 2.75) is 125 Å². The molecule has 258 valence electrons. The molecule has 5 N–H and O–H groups in total. The van der Waals surface area contributed by atoms with Gasteiger partial charge in [0.2, 0.25) is 23.5 Å². The lowest BCUT2D eigenvalue weighted by atomic mass is 9.80. The van der Waals surface area contributed by atoms with Crippen molar-refractivity contribution in [3.05, 3.63) is 0 Å². The summed E-state index contributed by atoms with van der Waals surface area (Å²) in [6.45, 7) is 17.1. The third-order valence-electron chi connectivity index (χ3n) is 11.0. The molecule has 4 aliphatic rings. The predicted molar refractivity (Wildman–Crippen MR) is 173 cm³/mol. The molecule has 4 fully saturated rings. The molecule has 12 nitrogen and oxygen atoms in total. The van der Waals surface area contributed by atoms with Crippen LogP contribution in [0, 0.1) is 34.0 Å². The highest BCUT2D eigenvalue weighted by molar-refractivity contribution is 6.37. The largest absolute Gasteiger partial charge is 0.363 e. The molecule has 2 heterocycles. The first-order valence-corrected chi connectivity index (χ1v) is 17.0. The number of fused-ring (bicyclic) bond motifs is 1. The Bertz CT molecular complexity index is 1230. The van der Waals surface area contributed by atoms with E-state index in [1.807, 2.05) is 41.5 Å². The predicted octanol–water partition coefficient (Wildman–Crippen LogP) is 2.34. The van der Waals surface area contributed by atoms with Crippen LogP contribution in [0.4, 0.5) is 4.79 Å². The van der Waals surface area contributed by atoms with Gasteiger partial charge in [-0.25, -0.2) is 4.79 Å². The van der Waals surface area contributed by atoms with Crippen molar-refractivity contribution in [3.63, 3.8) is 0 Å². The fraction of sp³-hybridized carbons (Fsp3) is 0.824. The second kappa shape index (κ2) is 13.1. The molecule has 0 bridgehead atoms. The van der Waals surface area contributed by atoms with Crippen LogP contribution in [0.1, 0.15) is 100 Å². The molecule has 2 saturated carbocycles. The molecule has 0 aromatic carbocycles. The van der Waals surface area contributed by atoms with Crippen LogP contribution in [0.3, 0.4) is 0 Å². The van der Waals surface area contributed by atoms with Gasteiger partial charge in [-0.1, -0.05) is 74.7 Å². The maximum atomic E-state index is 14.3. The van der Waals surface area contributed by atoms with Crippen LogP contribution in [0.15, 0.2) is 0 Å². The number of amides is 6. The first-order valence-electron chi connectivity index (χ1n) is 17.0. The molecule has 0 aromatic rings. The monoisotopic (exact) mass is 644 g/mol. The molecule has 46 heavy (non-hydrogen) atoms. The molecule has 0 radical (unpaired) electrons. The summed E-state index contributed by atoms with van der Waals surface area (Å²) in [5.41, 5.74) is 4.10. The van der Waals surface area contributed by atoms with Crippen LogP contribution in [0.5, 0.6) is 0 Å². The molecule has 12 heteroatoms. The van der Waals surface area contributed by atoms with Crippen LogP contribution in [-0.4, -0.2) is 89.0 Å². The lowest BCUT2D eigenvalue weighted by Gasteiger charge is -2.40. The molecule has 6 amide bonds. The minimum absolute atomic E-state index is 0.0812. The number of hydrogen-bond acceptors (Lipinski definition) is 6. The standard InChI is InChI=1S/C34H56N6O6/c1-32(2,3)22(18-39-15-10-9-14-23(39)41)37-31(46)38-27(33(4,5)6)30(45)40-17-20-24(34(20,7)8)25(40)29(44)36-21(26(42)28(35)43)16-19-12-11-13-19/h19-22,24-25,27H,9-18H2,1-8H3,(H2,35,43)(H,36,44)(H2,37,38,46)/t20?,21?,22?,24?,25?,27-/m1/s1. The number of nitrogens with one attached hydrogen (secondary N) is 3. The summed E-state index contributed by atoms with van der Waals surface area (Å²) >= 11 is 0. The van der Waals surface area contributed by atoms with Crippen molar-refractivity contribution in [2.75, 3.05) is 19.6 Å². The van der Waals surface area contributed by atoms with Gasteiger partial charge in [-0.3, -0.25) is 24.0 Å². The molecule has 6 atom stereocenters. The Labute approximate surface area is 273 Å². The van der Waals surface area contributed by atoms with Gasteiger partial charge in [-0.15, -0.1) is 0 Å². The average Bonchev–Trinajstić information content (AvgIpc) is 3.24. The Morgan fingerprint density at radius 1 is 0.935 bits per heavy atom. The van der Waals surface area contributed by atoms with E-state index in [9.17, 15) is 28.8 Å². The highest BCUT2D eigenvalue weighted by atomic mass is 16.2. The van der Waals surface area contributed by atoms with Crippen LogP contribution < -0.4 is 21.7 Å².